The van der Waals surface area contributed by atoms with E-state index in [-0.39, 0.29) is 17.8 Å². The van der Waals surface area contributed by atoms with Gasteiger partial charge in [-0.3, -0.25) is 4.79 Å². The van der Waals surface area contributed by atoms with Crippen molar-refractivity contribution in [2.75, 3.05) is 20.3 Å². The van der Waals surface area contributed by atoms with E-state index >= 15 is 0 Å². The summed E-state index contributed by atoms with van der Waals surface area (Å²) in [6, 6.07) is 5.97. The Balaban J connectivity index is 1.91. The van der Waals surface area contributed by atoms with Crippen molar-refractivity contribution in [2.24, 2.45) is 0 Å². The molecule has 2 atom stereocenters. The monoisotopic (exact) mass is 281 g/mol. The second kappa shape index (κ2) is 6.70. The van der Waals surface area contributed by atoms with Gasteiger partial charge in [0.25, 0.3) is 5.91 Å². The molecule has 0 aromatic heterocycles. The summed E-state index contributed by atoms with van der Waals surface area (Å²) in [5.74, 6) is 0.326. The Morgan fingerprint density at radius 1 is 1.45 bits per heavy atom. The highest BCUT2D eigenvalue weighted by Crippen LogP contribution is 2.20. The number of ether oxygens (including phenoxy) is 2. The van der Waals surface area contributed by atoms with Crippen LogP contribution in [0.2, 0.25) is 0 Å². The van der Waals surface area contributed by atoms with Gasteiger partial charge in [0.15, 0.2) is 0 Å². The molecule has 5 heteroatoms. The van der Waals surface area contributed by atoms with E-state index < -0.39 is 6.10 Å². The van der Waals surface area contributed by atoms with E-state index in [4.69, 9.17) is 9.47 Å². The summed E-state index contributed by atoms with van der Waals surface area (Å²) < 4.78 is 23.5. The quantitative estimate of drug-likeness (QED) is 0.831. The van der Waals surface area contributed by atoms with E-state index in [1.54, 1.807) is 19.1 Å². The lowest BCUT2D eigenvalue weighted by Gasteiger charge is -2.27. The van der Waals surface area contributed by atoms with Crippen LogP contribution >= 0.6 is 0 Å². The number of benzene rings is 1. The molecule has 1 fully saturated rings. The predicted octanol–water partition coefficient (Wildman–Crippen LogP) is 2.23. The van der Waals surface area contributed by atoms with E-state index in [0.29, 0.717) is 12.4 Å². The number of amides is 1. The Morgan fingerprint density at radius 2 is 2.15 bits per heavy atom. The van der Waals surface area contributed by atoms with Crippen LogP contribution in [0.5, 0.6) is 5.75 Å². The first-order valence-corrected chi connectivity index (χ1v) is 6.83. The van der Waals surface area contributed by atoms with Crippen molar-refractivity contribution < 1.29 is 18.7 Å². The van der Waals surface area contributed by atoms with Gasteiger partial charge in [0.2, 0.25) is 0 Å². The normalized spacial score (nSPS) is 19.9. The fraction of sp³-hybridized carbons (Fsp3) is 0.533. The number of likely N-dealkylation sites (tertiary alicyclic amines) is 1. The largest absolute Gasteiger partial charge is 0.491 e. The summed E-state index contributed by atoms with van der Waals surface area (Å²) in [5.41, 5.74) is 0. The average molecular weight is 281 g/mol. The van der Waals surface area contributed by atoms with Crippen LogP contribution in [-0.4, -0.2) is 43.2 Å². The first-order chi connectivity index (χ1) is 9.61. The molecule has 2 unspecified atom stereocenters. The SMILES string of the molecule is COC(C)C(=O)N1CCCC1COc1ccc(F)cc1. The second-order valence-corrected chi connectivity index (χ2v) is 4.97. The highest BCUT2D eigenvalue weighted by atomic mass is 19.1. The van der Waals surface area contributed by atoms with Gasteiger partial charge in [0.05, 0.1) is 6.04 Å². The van der Waals surface area contributed by atoms with Crippen LogP contribution in [-0.2, 0) is 9.53 Å². The lowest BCUT2D eigenvalue weighted by Crippen LogP contribution is -2.44. The van der Waals surface area contributed by atoms with Gasteiger partial charge in [0, 0.05) is 13.7 Å². The first kappa shape index (κ1) is 14.8. The topological polar surface area (TPSA) is 38.8 Å². The zero-order valence-electron chi connectivity index (χ0n) is 11.8. The van der Waals surface area contributed by atoms with Crippen LogP contribution in [0.3, 0.4) is 0 Å². The maximum Gasteiger partial charge on any atom is 0.251 e. The molecule has 1 aliphatic rings. The third-order valence-electron chi connectivity index (χ3n) is 3.62. The van der Waals surface area contributed by atoms with Gasteiger partial charge in [-0.15, -0.1) is 0 Å². The van der Waals surface area contributed by atoms with Crippen LogP contribution in [0.1, 0.15) is 19.8 Å². The summed E-state index contributed by atoms with van der Waals surface area (Å²) in [4.78, 5) is 14.0. The van der Waals surface area contributed by atoms with Gasteiger partial charge < -0.3 is 14.4 Å². The Kier molecular flexibility index (Phi) is 4.95. The Morgan fingerprint density at radius 3 is 2.80 bits per heavy atom. The number of carbonyl (C=O) groups is 1. The number of hydrogen-bond donors (Lipinski definition) is 0. The van der Waals surface area contributed by atoms with Gasteiger partial charge in [-0.1, -0.05) is 0 Å². The standard InChI is InChI=1S/C15H20FNO3/c1-11(19-2)15(18)17-9-3-4-13(17)10-20-14-7-5-12(16)6-8-14/h5-8,11,13H,3-4,9-10H2,1-2H3. The fourth-order valence-electron chi connectivity index (χ4n) is 2.36. The minimum absolute atomic E-state index is 0.00212. The van der Waals surface area contributed by atoms with Crippen molar-refractivity contribution in [3.63, 3.8) is 0 Å². The number of carbonyl (C=O) groups excluding carboxylic acids is 1. The molecule has 0 spiro atoms. The molecule has 2 rings (SSSR count). The number of halogens is 1. The molecule has 0 bridgehead atoms. The van der Waals surface area contributed by atoms with Gasteiger partial charge in [0.1, 0.15) is 24.3 Å². The van der Waals surface area contributed by atoms with Crippen molar-refractivity contribution in [2.45, 2.75) is 31.9 Å². The molecule has 20 heavy (non-hydrogen) atoms. The minimum atomic E-state index is -0.429. The number of rotatable bonds is 5. The van der Waals surface area contributed by atoms with Gasteiger partial charge in [-0.05, 0) is 44.0 Å². The van der Waals surface area contributed by atoms with E-state index in [0.717, 1.165) is 19.4 Å². The third kappa shape index (κ3) is 3.48. The molecule has 1 aromatic carbocycles. The fourth-order valence-corrected chi connectivity index (χ4v) is 2.36. The molecule has 0 radical (unpaired) electrons. The van der Waals surface area contributed by atoms with Crippen molar-refractivity contribution in [1.82, 2.24) is 4.90 Å². The van der Waals surface area contributed by atoms with E-state index in [2.05, 4.69) is 0 Å². The summed E-state index contributed by atoms with van der Waals surface area (Å²) >= 11 is 0. The lowest BCUT2D eigenvalue weighted by molar-refractivity contribution is -0.142. The van der Waals surface area contributed by atoms with Crippen molar-refractivity contribution in [3.8, 4) is 5.75 Å². The molecule has 0 saturated carbocycles. The Bertz CT molecular complexity index is 449. The van der Waals surface area contributed by atoms with E-state index in [9.17, 15) is 9.18 Å². The van der Waals surface area contributed by atoms with Crippen LogP contribution in [0.15, 0.2) is 24.3 Å². The highest BCUT2D eigenvalue weighted by molar-refractivity contribution is 5.81. The van der Waals surface area contributed by atoms with Crippen LogP contribution in [0.4, 0.5) is 4.39 Å². The molecule has 4 nitrogen and oxygen atoms in total. The third-order valence-corrected chi connectivity index (χ3v) is 3.62. The highest BCUT2D eigenvalue weighted by Gasteiger charge is 2.31. The second-order valence-electron chi connectivity index (χ2n) is 4.97. The maximum atomic E-state index is 12.8. The first-order valence-electron chi connectivity index (χ1n) is 6.83. The summed E-state index contributed by atoms with van der Waals surface area (Å²) in [6.45, 7) is 2.91. The molecule has 0 N–H and O–H groups in total. The summed E-state index contributed by atoms with van der Waals surface area (Å²) in [6.07, 6.45) is 1.46. The smallest absolute Gasteiger partial charge is 0.251 e. The lowest BCUT2D eigenvalue weighted by atomic mass is 10.2. The molecular formula is C15H20FNO3. The number of hydrogen-bond acceptors (Lipinski definition) is 3. The zero-order chi connectivity index (χ0) is 14.5. The van der Waals surface area contributed by atoms with E-state index in [1.807, 2.05) is 4.90 Å². The van der Waals surface area contributed by atoms with Gasteiger partial charge in [-0.2, -0.15) is 0 Å². The Labute approximate surface area is 118 Å². The van der Waals surface area contributed by atoms with Crippen molar-refractivity contribution in [1.29, 1.82) is 0 Å². The number of nitrogens with zero attached hydrogens (tertiary/aromatic N) is 1. The molecule has 1 aliphatic heterocycles. The molecule has 1 aromatic rings. The predicted molar refractivity (Wildman–Crippen MR) is 73.1 cm³/mol. The minimum Gasteiger partial charge on any atom is -0.491 e. The van der Waals surface area contributed by atoms with Gasteiger partial charge in [-0.25, -0.2) is 4.39 Å². The average Bonchev–Trinajstić information content (AvgIpc) is 2.93. The molecule has 1 amide bonds. The van der Waals surface area contributed by atoms with Crippen molar-refractivity contribution in [3.05, 3.63) is 30.1 Å². The summed E-state index contributed by atoms with van der Waals surface area (Å²) in [7, 11) is 1.53. The van der Waals surface area contributed by atoms with Gasteiger partial charge >= 0.3 is 0 Å². The number of methoxy groups -OCH3 is 1. The molecule has 1 heterocycles. The van der Waals surface area contributed by atoms with Crippen LogP contribution in [0, 0.1) is 5.82 Å². The zero-order valence-corrected chi connectivity index (χ0v) is 11.8. The molecule has 0 aliphatic carbocycles. The molecule has 1 saturated heterocycles. The van der Waals surface area contributed by atoms with Crippen molar-refractivity contribution >= 4 is 5.91 Å². The van der Waals surface area contributed by atoms with Crippen LogP contribution in [0.25, 0.3) is 0 Å². The molecule has 110 valence electrons. The van der Waals surface area contributed by atoms with Crippen LogP contribution < -0.4 is 4.74 Å². The molecular weight excluding hydrogens is 261 g/mol. The maximum absolute atomic E-state index is 12.8. The Hall–Kier alpha value is -1.62. The summed E-state index contributed by atoms with van der Waals surface area (Å²) in [5, 5.41) is 0. The van der Waals surface area contributed by atoms with E-state index in [1.165, 1.54) is 19.2 Å².